The van der Waals surface area contributed by atoms with Crippen molar-refractivity contribution in [3.63, 3.8) is 0 Å². The summed E-state index contributed by atoms with van der Waals surface area (Å²) in [5, 5.41) is 32.4. The highest BCUT2D eigenvalue weighted by molar-refractivity contribution is 7.85. The number of amides is 2. The highest BCUT2D eigenvalue weighted by atomic mass is 32.2. The molecule has 0 bridgehead atoms. The number of nitrogens with one attached hydrogen (secondary N) is 2. The summed E-state index contributed by atoms with van der Waals surface area (Å²) < 4.78 is 31.0. The number of anilines is 2. The molecule has 0 aliphatic rings. The first-order chi connectivity index (χ1) is 10.7. The first kappa shape index (κ1) is 16.4. The lowest BCUT2D eigenvalue weighted by molar-refractivity contribution is 0.262. The first-order valence-corrected chi connectivity index (χ1v) is 7.51. The number of hydrogen-bond acceptors (Lipinski definition) is 6. The Morgan fingerprint density at radius 1 is 0.913 bits per heavy atom. The lowest BCUT2D eigenvalue weighted by Gasteiger charge is -2.10. The lowest BCUT2D eigenvalue weighted by atomic mass is 10.2. The highest BCUT2D eigenvalue weighted by Crippen LogP contribution is 2.37. The molecule has 0 heterocycles. The minimum atomic E-state index is -4.40. The van der Waals surface area contributed by atoms with Crippen LogP contribution in [0.25, 0.3) is 0 Å². The third kappa shape index (κ3) is 4.02. The van der Waals surface area contributed by atoms with Gasteiger partial charge in [-0.15, -0.1) is 0 Å². The third-order valence-electron chi connectivity index (χ3n) is 2.72. The van der Waals surface area contributed by atoms with Gasteiger partial charge < -0.3 is 26.0 Å². The first-order valence-electron chi connectivity index (χ1n) is 6.07. The quantitative estimate of drug-likeness (QED) is 0.282. The van der Waals surface area contributed by atoms with Gasteiger partial charge in [0, 0.05) is 17.8 Å². The van der Waals surface area contributed by atoms with Gasteiger partial charge in [-0.2, -0.15) is 8.42 Å². The van der Waals surface area contributed by atoms with Gasteiger partial charge in [0.15, 0.2) is 17.2 Å². The second-order valence-electron chi connectivity index (χ2n) is 4.45. The monoisotopic (exact) mass is 340 g/mol. The van der Waals surface area contributed by atoms with Gasteiger partial charge in [-0.1, -0.05) is 6.07 Å². The molecule has 0 aliphatic heterocycles. The Morgan fingerprint density at radius 2 is 1.48 bits per heavy atom. The zero-order valence-electron chi connectivity index (χ0n) is 11.4. The van der Waals surface area contributed by atoms with Crippen LogP contribution in [0.2, 0.25) is 0 Å². The number of aromatic hydroxyl groups is 3. The number of rotatable bonds is 3. The second kappa shape index (κ2) is 6.02. The maximum absolute atomic E-state index is 11.8. The molecule has 0 radical (unpaired) electrons. The number of carbonyl (C=O) groups excluding carboxylic acids is 1. The van der Waals surface area contributed by atoms with E-state index in [4.69, 9.17) is 4.55 Å². The standard InChI is InChI=1S/C13H12N2O7S/c16-10-5-8(6-11(17)12(10)18)15-13(19)14-7-2-1-3-9(4-7)23(20,21)22/h1-6,16-18H,(H2,14,15,19)(H,20,21,22). The predicted octanol–water partition coefficient (Wildman–Crippen LogP) is 1.69. The van der Waals surface area contributed by atoms with Gasteiger partial charge in [0.1, 0.15) is 0 Å². The Bertz CT molecular complexity index is 841. The number of hydrogen-bond donors (Lipinski definition) is 6. The molecule has 0 unspecified atom stereocenters. The molecule has 122 valence electrons. The Balaban J connectivity index is 2.14. The Morgan fingerprint density at radius 3 is 2.04 bits per heavy atom. The van der Waals surface area contributed by atoms with E-state index in [1.807, 2.05) is 0 Å². The fourth-order valence-corrected chi connectivity index (χ4v) is 2.23. The normalized spacial score (nSPS) is 11.0. The van der Waals surface area contributed by atoms with E-state index in [9.17, 15) is 28.5 Å². The molecule has 0 atom stereocenters. The van der Waals surface area contributed by atoms with Crippen molar-refractivity contribution in [2.45, 2.75) is 4.90 Å². The van der Waals surface area contributed by atoms with Crippen LogP contribution in [-0.4, -0.2) is 34.3 Å². The summed E-state index contributed by atoms with van der Waals surface area (Å²) in [7, 11) is -4.40. The zero-order valence-corrected chi connectivity index (χ0v) is 12.2. The molecule has 10 heteroatoms. The summed E-state index contributed by atoms with van der Waals surface area (Å²) >= 11 is 0. The molecule has 2 aromatic carbocycles. The van der Waals surface area contributed by atoms with Crippen molar-refractivity contribution in [2.24, 2.45) is 0 Å². The van der Waals surface area contributed by atoms with Crippen molar-refractivity contribution in [3.05, 3.63) is 36.4 Å². The van der Waals surface area contributed by atoms with Crippen LogP contribution in [0.15, 0.2) is 41.3 Å². The molecule has 9 nitrogen and oxygen atoms in total. The van der Waals surface area contributed by atoms with E-state index in [1.54, 1.807) is 0 Å². The minimum Gasteiger partial charge on any atom is -0.504 e. The maximum Gasteiger partial charge on any atom is 0.323 e. The van der Waals surface area contributed by atoms with E-state index in [0.29, 0.717) is 0 Å². The zero-order chi connectivity index (χ0) is 17.2. The lowest BCUT2D eigenvalue weighted by Crippen LogP contribution is -2.19. The van der Waals surface area contributed by atoms with Crippen molar-refractivity contribution < 1.29 is 33.1 Å². The molecule has 23 heavy (non-hydrogen) atoms. The Labute approximate surface area is 130 Å². The van der Waals surface area contributed by atoms with Crippen LogP contribution in [0.1, 0.15) is 0 Å². The molecule has 2 rings (SSSR count). The van der Waals surface area contributed by atoms with E-state index in [1.165, 1.54) is 12.1 Å². The third-order valence-corrected chi connectivity index (χ3v) is 3.57. The topological polar surface area (TPSA) is 156 Å². The molecule has 0 aliphatic carbocycles. The fraction of sp³-hybridized carbons (Fsp3) is 0. The largest absolute Gasteiger partial charge is 0.504 e. The van der Waals surface area contributed by atoms with Crippen LogP contribution >= 0.6 is 0 Å². The van der Waals surface area contributed by atoms with E-state index in [2.05, 4.69) is 10.6 Å². The SMILES string of the molecule is O=C(Nc1cccc(S(=O)(=O)O)c1)Nc1cc(O)c(O)c(O)c1. The number of phenolic OH excluding ortho intramolecular Hbond substituents is 3. The van der Waals surface area contributed by atoms with Crippen LogP contribution in [0, 0.1) is 0 Å². The van der Waals surface area contributed by atoms with Crippen LogP contribution in [-0.2, 0) is 10.1 Å². The predicted molar refractivity (Wildman–Crippen MR) is 80.3 cm³/mol. The van der Waals surface area contributed by atoms with Gasteiger partial charge in [0.05, 0.1) is 10.6 Å². The van der Waals surface area contributed by atoms with Crippen molar-refractivity contribution in [2.75, 3.05) is 10.6 Å². The van der Waals surface area contributed by atoms with Crippen LogP contribution in [0.3, 0.4) is 0 Å². The number of urea groups is 1. The van der Waals surface area contributed by atoms with Gasteiger partial charge in [0.25, 0.3) is 10.1 Å². The summed E-state index contributed by atoms with van der Waals surface area (Å²) in [6.07, 6.45) is 0. The summed E-state index contributed by atoms with van der Waals surface area (Å²) in [6.45, 7) is 0. The summed E-state index contributed by atoms with van der Waals surface area (Å²) in [5.41, 5.74) is 0.0751. The Hall–Kier alpha value is -2.98. The number of phenols is 3. The second-order valence-corrected chi connectivity index (χ2v) is 5.87. The molecular weight excluding hydrogens is 328 g/mol. The van der Waals surface area contributed by atoms with Gasteiger partial charge >= 0.3 is 6.03 Å². The van der Waals surface area contributed by atoms with Crippen LogP contribution in [0.5, 0.6) is 17.2 Å². The van der Waals surface area contributed by atoms with Gasteiger partial charge in [-0.05, 0) is 18.2 Å². The van der Waals surface area contributed by atoms with Crippen LogP contribution < -0.4 is 10.6 Å². The molecule has 6 N–H and O–H groups in total. The van der Waals surface area contributed by atoms with E-state index < -0.39 is 38.3 Å². The molecule has 0 saturated heterocycles. The highest BCUT2D eigenvalue weighted by Gasteiger charge is 2.12. The number of carbonyl (C=O) groups is 1. The van der Waals surface area contributed by atoms with Gasteiger partial charge in [-0.25, -0.2) is 4.79 Å². The van der Waals surface area contributed by atoms with Crippen molar-refractivity contribution in [1.82, 2.24) is 0 Å². The Kier molecular flexibility index (Phi) is 4.29. The average Bonchev–Trinajstić information content (AvgIpc) is 2.44. The van der Waals surface area contributed by atoms with E-state index >= 15 is 0 Å². The fourth-order valence-electron chi connectivity index (χ4n) is 1.70. The summed E-state index contributed by atoms with van der Waals surface area (Å²) in [5.74, 6) is -1.99. The van der Waals surface area contributed by atoms with Crippen LogP contribution in [0.4, 0.5) is 16.2 Å². The van der Waals surface area contributed by atoms with E-state index in [-0.39, 0.29) is 11.4 Å². The van der Waals surface area contributed by atoms with Crippen molar-refractivity contribution >= 4 is 27.5 Å². The molecule has 0 spiro atoms. The molecule has 0 saturated carbocycles. The smallest absolute Gasteiger partial charge is 0.323 e. The van der Waals surface area contributed by atoms with Crippen molar-refractivity contribution in [3.8, 4) is 17.2 Å². The average molecular weight is 340 g/mol. The summed E-state index contributed by atoms with van der Waals surface area (Å²) in [6, 6.07) is 6.10. The van der Waals surface area contributed by atoms with Gasteiger partial charge in [0.2, 0.25) is 0 Å². The summed E-state index contributed by atoms with van der Waals surface area (Å²) in [4.78, 5) is 11.4. The van der Waals surface area contributed by atoms with Gasteiger partial charge in [-0.3, -0.25) is 4.55 Å². The molecular formula is C13H12N2O7S. The maximum atomic E-state index is 11.8. The van der Waals surface area contributed by atoms with Crippen molar-refractivity contribution in [1.29, 1.82) is 0 Å². The molecule has 0 fully saturated rings. The minimum absolute atomic E-state index is 0.0127. The van der Waals surface area contributed by atoms with E-state index in [0.717, 1.165) is 24.3 Å². The molecule has 2 amide bonds. The molecule has 2 aromatic rings. The number of benzene rings is 2. The molecule has 0 aromatic heterocycles.